The summed E-state index contributed by atoms with van der Waals surface area (Å²) in [6.07, 6.45) is 13.1. The number of rotatable bonds is 5. The van der Waals surface area contributed by atoms with E-state index in [1.54, 1.807) is 0 Å². The molecule has 2 heterocycles. The van der Waals surface area contributed by atoms with E-state index >= 15 is 0 Å². The van der Waals surface area contributed by atoms with Crippen LogP contribution in [0.25, 0.3) is 22.0 Å². The molecule has 28 heavy (non-hydrogen) atoms. The maximum atomic E-state index is 2.57. The number of aromatic nitrogens is 1. The molecule has 0 fully saturated rings. The highest BCUT2D eigenvalue weighted by atomic mass is 15.1. The first-order valence-corrected chi connectivity index (χ1v) is 11.0. The number of fused-ring (bicyclic) bond motifs is 8. The molecule has 0 N–H and O–H groups in total. The van der Waals surface area contributed by atoms with Gasteiger partial charge in [-0.1, -0.05) is 63.6 Å². The first-order chi connectivity index (χ1) is 13.7. The molecule has 1 aliphatic carbocycles. The van der Waals surface area contributed by atoms with Crippen molar-refractivity contribution >= 4 is 10.8 Å². The van der Waals surface area contributed by atoms with Gasteiger partial charge >= 0.3 is 0 Å². The lowest BCUT2D eigenvalue weighted by atomic mass is 9.52. The molecule has 0 saturated carbocycles. The number of hydrogen-bond acceptors (Lipinski definition) is 0. The van der Waals surface area contributed by atoms with Crippen LogP contribution in [-0.2, 0) is 17.4 Å². The summed E-state index contributed by atoms with van der Waals surface area (Å²) in [5.41, 5.74) is 6.00. The molecule has 142 valence electrons. The number of benzene rings is 2. The number of allylic oxidation sites excluding steroid dienone is 2. The average molecular weight is 369 g/mol. The maximum absolute atomic E-state index is 2.57. The molecule has 1 aliphatic heterocycles. The zero-order valence-electron chi connectivity index (χ0n) is 17.3. The Bertz CT molecular complexity index is 1090. The van der Waals surface area contributed by atoms with Crippen molar-refractivity contribution in [3.05, 3.63) is 78.0 Å². The van der Waals surface area contributed by atoms with Crippen LogP contribution in [0.15, 0.2) is 66.9 Å². The third kappa shape index (κ3) is 2.00. The van der Waals surface area contributed by atoms with Gasteiger partial charge in [-0.15, -0.1) is 0 Å². The van der Waals surface area contributed by atoms with E-state index in [4.69, 9.17) is 0 Å². The Labute approximate surface area is 168 Å². The predicted octanol–water partition coefficient (Wildman–Crippen LogP) is 6.47. The molecule has 0 amide bonds. The van der Waals surface area contributed by atoms with E-state index in [0.717, 1.165) is 12.8 Å². The summed E-state index contributed by atoms with van der Waals surface area (Å²) < 4.78 is 2.57. The minimum atomic E-state index is 0.0683. The molecule has 0 spiro atoms. The Balaban J connectivity index is 1.87. The quantitative estimate of drug-likeness (QED) is 0.359. The Kier molecular flexibility index (Phi) is 3.98. The smallest absolute Gasteiger partial charge is 0.188 e. The van der Waals surface area contributed by atoms with Crippen LogP contribution < -0.4 is 4.57 Å². The molecule has 2 unspecified atom stereocenters. The van der Waals surface area contributed by atoms with Crippen LogP contribution in [0.5, 0.6) is 0 Å². The molecule has 1 nitrogen and oxygen atoms in total. The summed E-state index contributed by atoms with van der Waals surface area (Å²) in [5.74, 6) is 0. The van der Waals surface area contributed by atoms with Crippen molar-refractivity contribution in [1.29, 1.82) is 0 Å². The highest BCUT2D eigenvalue weighted by molar-refractivity contribution is 6.00. The fourth-order valence-electron chi connectivity index (χ4n) is 5.96. The fraction of sp³-hybridized carbons (Fsp3) is 0.370. The van der Waals surface area contributed by atoms with E-state index in [0.29, 0.717) is 0 Å². The zero-order chi connectivity index (χ0) is 19.4. The Morgan fingerprint density at radius 2 is 1.71 bits per heavy atom. The van der Waals surface area contributed by atoms with E-state index in [-0.39, 0.29) is 11.0 Å². The largest absolute Gasteiger partial charge is 0.214 e. The van der Waals surface area contributed by atoms with Crippen LogP contribution in [0.2, 0.25) is 0 Å². The third-order valence-electron chi connectivity index (χ3n) is 7.49. The normalized spacial score (nSPS) is 24.4. The highest BCUT2D eigenvalue weighted by Gasteiger charge is 2.64. The fourth-order valence-corrected chi connectivity index (χ4v) is 5.96. The number of nitrogens with zero attached hydrogens (tertiary/aromatic N) is 1. The molecule has 1 aromatic heterocycles. The van der Waals surface area contributed by atoms with Crippen LogP contribution >= 0.6 is 0 Å². The van der Waals surface area contributed by atoms with Gasteiger partial charge in [0, 0.05) is 18.6 Å². The van der Waals surface area contributed by atoms with E-state index in [1.807, 2.05) is 0 Å². The summed E-state index contributed by atoms with van der Waals surface area (Å²) in [6, 6.07) is 18.5. The zero-order valence-corrected chi connectivity index (χ0v) is 17.3. The highest BCUT2D eigenvalue weighted by Crippen LogP contribution is 2.57. The van der Waals surface area contributed by atoms with Gasteiger partial charge in [0.1, 0.15) is 0 Å². The Morgan fingerprint density at radius 3 is 2.43 bits per heavy atom. The van der Waals surface area contributed by atoms with Gasteiger partial charge in [-0.05, 0) is 53.3 Å². The second-order valence-electron chi connectivity index (χ2n) is 8.50. The van der Waals surface area contributed by atoms with Gasteiger partial charge in [0.15, 0.2) is 11.7 Å². The lowest BCUT2D eigenvalue weighted by Crippen LogP contribution is -2.72. The molecule has 2 aliphatic rings. The van der Waals surface area contributed by atoms with Gasteiger partial charge in [-0.2, -0.15) is 4.57 Å². The van der Waals surface area contributed by atoms with Crippen molar-refractivity contribution < 1.29 is 4.57 Å². The van der Waals surface area contributed by atoms with Crippen molar-refractivity contribution in [2.45, 2.75) is 63.8 Å². The molecule has 5 rings (SSSR count). The second kappa shape index (κ2) is 6.30. The van der Waals surface area contributed by atoms with Crippen LogP contribution in [0.1, 0.15) is 57.6 Å². The van der Waals surface area contributed by atoms with E-state index < -0.39 is 0 Å². The van der Waals surface area contributed by atoms with Crippen molar-refractivity contribution in [3.8, 4) is 11.3 Å². The van der Waals surface area contributed by atoms with Gasteiger partial charge in [0.2, 0.25) is 5.69 Å². The monoisotopic (exact) mass is 368 g/mol. The van der Waals surface area contributed by atoms with Gasteiger partial charge in [-0.25, -0.2) is 0 Å². The number of pyridine rings is 1. The van der Waals surface area contributed by atoms with Crippen molar-refractivity contribution in [1.82, 2.24) is 0 Å². The molecule has 0 bridgehead atoms. The minimum absolute atomic E-state index is 0.0683. The third-order valence-corrected chi connectivity index (χ3v) is 7.49. The van der Waals surface area contributed by atoms with Crippen LogP contribution in [0.4, 0.5) is 0 Å². The van der Waals surface area contributed by atoms with Crippen LogP contribution in [0, 0.1) is 0 Å². The standard InChI is InChI=1S/C27H30N/c1-4-7-11-20-12-10-13-22-21(20)15-16-23-25(22)24-14-8-9-19-28(24)27(6-3)18-17-26(23,27)5-2/h8-10,12-19H,4-7,11H2,1-3H3/q+1. The van der Waals surface area contributed by atoms with E-state index in [2.05, 4.69) is 92.2 Å². The summed E-state index contributed by atoms with van der Waals surface area (Å²) in [6.45, 7) is 6.97. The van der Waals surface area contributed by atoms with Crippen molar-refractivity contribution in [3.63, 3.8) is 0 Å². The van der Waals surface area contributed by atoms with E-state index in [9.17, 15) is 0 Å². The Morgan fingerprint density at radius 1 is 0.821 bits per heavy atom. The topological polar surface area (TPSA) is 3.88 Å². The summed E-state index contributed by atoms with van der Waals surface area (Å²) >= 11 is 0. The Hall–Kier alpha value is -2.41. The number of hydrogen-bond donors (Lipinski definition) is 0. The summed E-state index contributed by atoms with van der Waals surface area (Å²) in [5, 5.41) is 2.85. The first-order valence-electron chi connectivity index (χ1n) is 11.0. The second-order valence-corrected chi connectivity index (χ2v) is 8.50. The van der Waals surface area contributed by atoms with Crippen LogP contribution in [-0.4, -0.2) is 0 Å². The van der Waals surface area contributed by atoms with Gasteiger partial charge in [0.05, 0.1) is 11.0 Å². The number of aryl methyl sites for hydroxylation is 1. The van der Waals surface area contributed by atoms with Crippen molar-refractivity contribution in [2.24, 2.45) is 0 Å². The SMILES string of the molecule is CCCCc1cccc2c3c(ccc12)C1(CC)C=CC1(CC)[n+]1ccccc1-3. The maximum Gasteiger partial charge on any atom is 0.214 e. The summed E-state index contributed by atoms with van der Waals surface area (Å²) in [7, 11) is 0. The van der Waals surface area contributed by atoms with Gasteiger partial charge in [-0.3, -0.25) is 0 Å². The lowest BCUT2D eigenvalue weighted by molar-refractivity contribution is -0.759. The predicted molar refractivity (Wildman–Crippen MR) is 118 cm³/mol. The summed E-state index contributed by atoms with van der Waals surface area (Å²) in [4.78, 5) is 0. The molecular formula is C27H30N+. The molecule has 0 radical (unpaired) electrons. The van der Waals surface area contributed by atoms with Crippen molar-refractivity contribution in [2.75, 3.05) is 0 Å². The van der Waals surface area contributed by atoms with Gasteiger partial charge < -0.3 is 0 Å². The average Bonchev–Trinajstić information content (AvgIpc) is 2.72. The minimum Gasteiger partial charge on any atom is -0.188 e. The van der Waals surface area contributed by atoms with Gasteiger partial charge in [0.25, 0.3) is 0 Å². The van der Waals surface area contributed by atoms with Crippen LogP contribution in [0.3, 0.4) is 0 Å². The van der Waals surface area contributed by atoms with E-state index in [1.165, 1.54) is 52.4 Å². The molecule has 1 heteroatoms. The molecule has 0 saturated heterocycles. The number of unbranched alkanes of at least 4 members (excludes halogenated alkanes) is 1. The lowest BCUT2D eigenvalue weighted by Gasteiger charge is -2.52. The molecule has 2 aromatic carbocycles. The molecular weight excluding hydrogens is 338 g/mol. The molecule has 2 atom stereocenters. The molecule has 3 aromatic rings. The first kappa shape index (κ1) is 17.7.